The molecule has 0 radical (unpaired) electrons. The molecule has 6 nitrogen and oxygen atoms in total. The Morgan fingerprint density at radius 2 is 1.81 bits per heavy atom. The maximum atomic E-state index is 13.8. The molecule has 1 N–H and O–H groups in total. The van der Waals surface area contributed by atoms with Crippen LogP contribution >= 0.6 is 11.3 Å². The summed E-state index contributed by atoms with van der Waals surface area (Å²) in [6.45, 7) is 4.62. The van der Waals surface area contributed by atoms with Crippen molar-refractivity contribution in [3.63, 3.8) is 0 Å². The van der Waals surface area contributed by atoms with E-state index in [2.05, 4.69) is 5.32 Å². The number of anilines is 1. The molecule has 2 heterocycles. The lowest BCUT2D eigenvalue weighted by Crippen LogP contribution is -2.56. The molecule has 1 aromatic heterocycles. The molecule has 1 saturated heterocycles. The molecule has 4 bridgehead atoms. The number of aryl methyl sites for hydroxylation is 1. The summed E-state index contributed by atoms with van der Waals surface area (Å²) in [7, 11) is 0. The first-order valence-electron chi connectivity index (χ1n) is 11.8. The van der Waals surface area contributed by atoms with Gasteiger partial charge in [-0.3, -0.25) is 9.59 Å². The summed E-state index contributed by atoms with van der Waals surface area (Å²) in [5.74, 6) is 1.87. The average Bonchev–Trinajstić information content (AvgIpc) is 3.33. The Labute approximate surface area is 187 Å². The fourth-order valence-corrected chi connectivity index (χ4v) is 8.08. The van der Waals surface area contributed by atoms with Crippen molar-refractivity contribution in [1.29, 1.82) is 0 Å². The number of nitrogens with zero attached hydrogens (tertiary/aromatic N) is 1. The van der Waals surface area contributed by atoms with Gasteiger partial charge in [-0.2, -0.15) is 0 Å². The molecule has 1 aromatic rings. The number of amides is 2. The van der Waals surface area contributed by atoms with Gasteiger partial charge in [0.15, 0.2) is 0 Å². The molecule has 0 aromatic carbocycles. The summed E-state index contributed by atoms with van der Waals surface area (Å²) in [5.41, 5.74) is 0.584. The van der Waals surface area contributed by atoms with Crippen LogP contribution in [0.4, 0.5) is 5.00 Å². The van der Waals surface area contributed by atoms with Crippen LogP contribution in [0, 0.1) is 30.1 Å². The lowest BCUT2D eigenvalue weighted by atomic mass is 9.49. The third kappa shape index (κ3) is 3.69. The minimum absolute atomic E-state index is 0.132. The summed E-state index contributed by atoms with van der Waals surface area (Å²) in [4.78, 5) is 41.4. The largest absolute Gasteiger partial charge is 0.462 e. The second kappa shape index (κ2) is 7.91. The van der Waals surface area contributed by atoms with Crippen molar-refractivity contribution < 1.29 is 19.1 Å². The summed E-state index contributed by atoms with van der Waals surface area (Å²) < 4.78 is 5.10. The molecule has 0 spiro atoms. The Hall–Kier alpha value is -1.89. The SMILES string of the molecule is CCOC(=O)c1sc(NC(=O)C2CCCN2C(=O)C23CC4CC(CC(C4)C2)C3)cc1C. The van der Waals surface area contributed by atoms with Gasteiger partial charge in [0.1, 0.15) is 10.9 Å². The van der Waals surface area contributed by atoms with Crippen molar-refractivity contribution in [1.82, 2.24) is 4.90 Å². The second-order valence-corrected chi connectivity index (χ2v) is 11.2. The molecule has 1 aliphatic heterocycles. The molecule has 1 unspecified atom stereocenters. The number of nitrogens with one attached hydrogen (secondary N) is 1. The first-order chi connectivity index (χ1) is 14.9. The molecule has 4 aliphatic carbocycles. The van der Waals surface area contributed by atoms with Gasteiger partial charge in [-0.05, 0) is 94.6 Å². The lowest BCUT2D eigenvalue weighted by molar-refractivity contribution is -0.159. The minimum Gasteiger partial charge on any atom is -0.462 e. The van der Waals surface area contributed by atoms with Crippen LogP contribution in [0.3, 0.4) is 0 Å². The zero-order valence-corrected chi connectivity index (χ0v) is 19.3. The first-order valence-corrected chi connectivity index (χ1v) is 12.6. The summed E-state index contributed by atoms with van der Waals surface area (Å²) in [6, 6.07) is 1.41. The van der Waals surface area contributed by atoms with E-state index in [0.29, 0.717) is 47.2 Å². The number of carbonyl (C=O) groups excluding carboxylic acids is 3. The standard InChI is InChI=1S/C24H32N2O4S/c1-3-30-22(28)20-14(2)7-19(31-20)25-21(27)18-5-4-6-26(18)23(29)24-11-15-8-16(12-24)10-17(9-15)13-24/h7,15-18H,3-6,8-13H2,1-2H3,(H,25,27). The van der Waals surface area contributed by atoms with Gasteiger partial charge >= 0.3 is 5.97 Å². The van der Waals surface area contributed by atoms with E-state index >= 15 is 0 Å². The molecule has 5 fully saturated rings. The first kappa shape index (κ1) is 21.0. The van der Waals surface area contributed by atoms with Crippen LogP contribution in [-0.4, -0.2) is 41.9 Å². The number of likely N-dealkylation sites (tertiary alicyclic amines) is 1. The van der Waals surface area contributed by atoms with E-state index in [9.17, 15) is 14.4 Å². The van der Waals surface area contributed by atoms with Crippen molar-refractivity contribution in [2.24, 2.45) is 23.2 Å². The number of carbonyl (C=O) groups is 3. The molecular weight excluding hydrogens is 412 g/mol. The van der Waals surface area contributed by atoms with E-state index in [0.717, 1.165) is 31.2 Å². The fourth-order valence-electron chi connectivity index (χ4n) is 7.11. The van der Waals surface area contributed by atoms with E-state index in [-0.39, 0.29) is 23.2 Å². The molecular formula is C24H32N2O4S. The average molecular weight is 445 g/mol. The molecule has 4 saturated carbocycles. The molecule has 1 atom stereocenters. The second-order valence-electron chi connectivity index (χ2n) is 10.2. The van der Waals surface area contributed by atoms with Crippen molar-refractivity contribution in [2.45, 2.75) is 71.3 Å². The van der Waals surface area contributed by atoms with Gasteiger partial charge in [0, 0.05) is 6.54 Å². The highest BCUT2D eigenvalue weighted by molar-refractivity contribution is 7.18. The fraction of sp³-hybridized carbons (Fsp3) is 0.708. The van der Waals surface area contributed by atoms with Crippen LogP contribution in [0.5, 0.6) is 0 Å². The van der Waals surface area contributed by atoms with Crippen LogP contribution in [0.25, 0.3) is 0 Å². The Morgan fingerprint density at radius 3 is 2.42 bits per heavy atom. The molecule has 168 valence electrons. The van der Waals surface area contributed by atoms with Gasteiger partial charge in [0.2, 0.25) is 11.8 Å². The van der Waals surface area contributed by atoms with E-state index in [1.54, 1.807) is 6.92 Å². The van der Waals surface area contributed by atoms with Crippen LogP contribution in [0.1, 0.15) is 73.5 Å². The number of thiophene rings is 1. The van der Waals surface area contributed by atoms with Gasteiger partial charge in [0.05, 0.1) is 17.0 Å². The molecule has 5 aliphatic rings. The Morgan fingerprint density at radius 1 is 1.16 bits per heavy atom. The normalized spacial score (nSPS) is 33.5. The Balaban J connectivity index is 1.29. The maximum Gasteiger partial charge on any atom is 0.348 e. The van der Waals surface area contributed by atoms with E-state index in [4.69, 9.17) is 4.74 Å². The van der Waals surface area contributed by atoms with Gasteiger partial charge < -0.3 is 15.0 Å². The van der Waals surface area contributed by atoms with Crippen LogP contribution in [-0.2, 0) is 14.3 Å². The number of hydrogen-bond donors (Lipinski definition) is 1. The molecule has 7 heteroatoms. The minimum atomic E-state index is -0.408. The highest BCUT2D eigenvalue weighted by atomic mass is 32.1. The van der Waals surface area contributed by atoms with E-state index < -0.39 is 6.04 Å². The zero-order valence-electron chi connectivity index (χ0n) is 18.4. The summed E-state index contributed by atoms with van der Waals surface area (Å²) in [5, 5.41) is 3.62. The van der Waals surface area contributed by atoms with Crippen molar-refractivity contribution in [3.05, 3.63) is 16.5 Å². The summed E-state index contributed by atoms with van der Waals surface area (Å²) >= 11 is 1.24. The van der Waals surface area contributed by atoms with Crippen LogP contribution < -0.4 is 5.32 Å². The topological polar surface area (TPSA) is 75.7 Å². The third-order valence-corrected chi connectivity index (χ3v) is 9.07. The third-order valence-electron chi connectivity index (χ3n) is 7.93. The Kier molecular flexibility index (Phi) is 5.35. The van der Waals surface area contributed by atoms with Gasteiger partial charge in [-0.15, -0.1) is 11.3 Å². The highest BCUT2D eigenvalue weighted by Crippen LogP contribution is 2.60. The number of rotatable bonds is 5. The van der Waals surface area contributed by atoms with Crippen LogP contribution in [0.2, 0.25) is 0 Å². The smallest absolute Gasteiger partial charge is 0.348 e. The predicted molar refractivity (Wildman–Crippen MR) is 119 cm³/mol. The van der Waals surface area contributed by atoms with E-state index in [1.165, 1.54) is 30.6 Å². The quantitative estimate of drug-likeness (QED) is 0.684. The highest BCUT2D eigenvalue weighted by Gasteiger charge is 2.56. The van der Waals surface area contributed by atoms with Crippen molar-refractivity contribution >= 4 is 34.1 Å². The van der Waals surface area contributed by atoms with Gasteiger partial charge in [-0.25, -0.2) is 4.79 Å². The molecule has 6 rings (SSSR count). The van der Waals surface area contributed by atoms with Crippen LogP contribution in [0.15, 0.2) is 6.07 Å². The molecule has 2 amide bonds. The summed E-state index contributed by atoms with van der Waals surface area (Å²) in [6.07, 6.45) is 8.55. The number of hydrogen-bond acceptors (Lipinski definition) is 5. The molecule has 31 heavy (non-hydrogen) atoms. The van der Waals surface area contributed by atoms with Gasteiger partial charge in [-0.1, -0.05) is 0 Å². The number of esters is 1. The Bertz CT molecular complexity index is 872. The van der Waals surface area contributed by atoms with E-state index in [1.807, 2.05) is 17.9 Å². The van der Waals surface area contributed by atoms with Crippen molar-refractivity contribution in [3.8, 4) is 0 Å². The monoisotopic (exact) mass is 444 g/mol. The predicted octanol–water partition coefficient (Wildman–Crippen LogP) is 4.38. The lowest BCUT2D eigenvalue weighted by Gasteiger charge is -2.56. The number of ether oxygens (including phenoxy) is 1. The maximum absolute atomic E-state index is 13.8. The zero-order chi connectivity index (χ0) is 21.8. The van der Waals surface area contributed by atoms with Crippen molar-refractivity contribution in [2.75, 3.05) is 18.5 Å². The van der Waals surface area contributed by atoms with Gasteiger partial charge in [0.25, 0.3) is 0 Å².